The van der Waals surface area contributed by atoms with E-state index in [1.165, 1.54) is 30.4 Å². The van der Waals surface area contributed by atoms with Gasteiger partial charge in [0.25, 0.3) is 0 Å². The Morgan fingerprint density at radius 1 is 1.40 bits per heavy atom. The molecule has 5 nitrogen and oxygen atoms in total. The molecule has 0 saturated carbocycles. The maximum absolute atomic E-state index is 10.8. The largest absolute Gasteiger partial charge is 0.298 e. The van der Waals surface area contributed by atoms with Crippen LogP contribution < -0.4 is 0 Å². The molecule has 0 radical (unpaired) electrons. The number of thioether (sulfide) groups is 1. The van der Waals surface area contributed by atoms with E-state index in [-0.39, 0.29) is 5.75 Å². The molecule has 1 rings (SSSR count). The van der Waals surface area contributed by atoms with Crippen LogP contribution >= 0.6 is 11.8 Å². The van der Waals surface area contributed by atoms with Crippen LogP contribution in [0.2, 0.25) is 0 Å². The summed E-state index contributed by atoms with van der Waals surface area (Å²) in [6, 6.07) is 0. The van der Waals surface area contributed by atoms with E-state index in [9.17, 15) is 13.2 Å². The second-order valence-electron chi connectivity index (χ2n) is 2.90. The fourth-order valence-corrected chi connectivity index (χ4v) is 2.73. The molecule has 0 aromatic carbocycles. The number of carbonyl (C=O) groups excluding carboxylic acids is 1. The van der Waals surface area contributed by atoms with Crippen LogP contribution in [0.3, 0.4) is 0 Å². The van der Waals surface area contributed by atoms with E-state index in [0.717, 1.165) is 0 Å². The van der Waals surface area contributed by atoms with Gasteiger partial charge >= 0.3 is 0 Å². The Kier molecular flexibility index (Phi) is 4.22. The number of hydrogen-bond donors (Lipinski definition) is 0. The van der Waals surface area contributed by atoms with Crippen LogP contribution in [0.25, 0.3) is 0 Å². The first-order valence-electron chi connectivity index (χ1n) is 4.09. The normalized spacial score (nSPS) is 11.3. The summed E-state index contributed by atoms with van der Waals surface area (Å²) in [5, 5.41) is 0.476. The first-order chi connectivity index (χ1) is 7.01. The minimum Gasteiger partial charge on any atom is -0.298 e. The van der Waals surface area contributed by atoms with Crippen molar-refractivity contribution >= 4 is 27.9 Å². The van der Waals surface area contributed by atoms with Crippen molar-refractivity contribution in [2.24, 2.45) is 0 Å². The Morgan fingerprint density at radius 2 is 2.00 bits per heavy atom. The van der Waals surface area contributed by atoms with E-state index < -0.39 is 9.84 Å². The van der Waals surface area contributed by atoms with Crippen molar-refractivity contribution in [1.29, 1.82) is 0 Å². The lowest BCUT2D eigenvalue weighted by Gasteiger charge is -1.98. The van der Waals surface area contributed by atoms with Gasteiger partial charge < -0.3 is 0 Å². The highest BCUT2D eigenvalue weighted by Crippen LogP contribution is 2.11. The van der Waals surface area contributed by atoms with Crippen molar-refractivity contribution in [1.82, 2.24) is 9.97 Å². The molecule has 0 aliphatic rings. The lowest BCUT2D eigenvalue weighted by atomic mass is 10.4. The highest BCUT2D eigenvalue weighted by Gasteiger charge is 2.04. The molecule has 82 valence electrons. The maximum Gasteiger partial charge on any atom is 0.187 e. The molecule has 0 saturated heterocycles. The minimum atomic E-state index is -2.94. The van der Waals surface area contributed by atoms with Gasteiger partial charge in [-0.15, -0.1) is 0 Å². The van der Waals surface area contributed by atoms with Gasteiger partial charge in [-0.1, -0.05) is 11.8 Å². The Morgan fingerprint density at radius 3 is 2.47 bits per heavy atom. The van der Waals surface area contributed by atoms with E-state index in [0.29, 0.717) is 22.8 Å². The highest BCUT2D eigenvalue weighted by molar-refractivity contribution is 8.00. The van der Waals surface area contributed by atoms with Crippen LogP contribution in [0.5, 0.6) is 0 Å². The summed E-state index contributed by atoms with van der Waals surface area (Å²) in [6.07, 6.45) is 4.65. The van der Waals surface area contributed by atoms with E-state index >= 15 is 0 Å². The molecular weight excluding hydrogens is 236 g/mol. The average molecular weight is 246 g/mol. The number of rotatable bonds is 5. The molecule has 0 unspecified atom stereocenters. The molecule has 1 aromatic heterocycles. The summed E-state index contributed by atoms with van der Waals surface area (Å²) in [7, 11) is -2.94. The Hall–Kier alpha value is -0.950. The fraction of sp³-hybridized carbons (Fsp3) is 0.375. The topological polar surface area (TPSA) is 77.0 Å². The van der Waals surface area contributed by atoms with Crippen LogP contribution in [0, 0.1) is 0 Å². The maximum atomic E-state index is 10.8. The summed E-state index contributed by atoms with van der Waals surface area (Å²) in [5.74, 6) is 0.510. The van der Waals surface area contributed by atoms with Crippen LogP contribution in [0.15, 0.2) is 17.6 Å². The molecule has 1 aromatic rings. The Bertz CT molecular complexity index is 428. The molecule has 0 spiro atoms. The summed E-state index contributed by atoms with van der Waals surface area (Å²) in [4.78, 5) is 18.1. The second kappa shape index (κ2) is 5.22. The quantitative estimate of drug-likeness (QED) is 0.426. The first kappa shape index (κ1) is 12.1. The lowest BCUT2D eigenvalue weighted by molar-refractivity contribution is 0.112. The van der Waals surface area contributed by atoms with E-state index in [1.807, 2.05) is 0 Å². The van der Waals surface area contributed by atoms with E-state index in [2.05, 4.69) is 9.97 Å². The molecule has 0 aliphatic carbocycles. The molecule has 0 aliphatic heterocycles. The predicted octanol–water partition coefficient (Wildman–Crippen LogP) is 0.426. The lowest BCUT2D eigenvalue weighted by Crippen LogP contribution is -2.05. The zero-order valence-corrected chi connectivity index (χ0v) is 9.71. The van der Waals surface area contributed by atoms with Gasteiger partial charge in [0.2, 0.25) is 0 Å². The molecule has 0 amide bonds. The highest BCUT2D eigenvalue weighted by atomic mass is 32.2. The van der Waals surface area contributed by atoms with Gasteiger partial charge in [0.1, 0.15) is 9.84 Å². The minimum absolute atomic E-state index is 0.0937. The number of carbonyl (C=O) groups is 1. The zero-order chi connectivity index (χ0) is 11.3. The zero-order valence-electron chi connectivity index (χ0n) is 8.08. The van der Waals surface area contributed by atoms with Crippen molar-refractivity contribution in [3.63, 3.8) is 0 Å². The van der Waals surface area contributed by atoms with Crippen molar-refractivity contribution in [3.8, 4) is 0 Å². The van der Waals surface area contributed by atoms with Crippen LogP contribution in [-0.4, -0.2) is 42.4 Å². The molecule has 0 atom stereocenters. The van der Waals surface area contributed by atoms with Crippen molar-refractivity contribution in [2.75, 3.05) is 17.8 Å². The van der Waals surface area contributed by atoms with Gasteiger partial charge in [-0.3, -0.25) is 4.79 Å². The van der Waals surface area contributed by atoms with Crippen molar-refractivity contribution in [3.05, 3.63) is 18.0 Å². The van der Waals surface area contributed by atoms with Crippen LogP contribution in [-0.2, 0) is 9.84 Å². The number of aldehydes is 1. The second-order valence-corrected chi connectivity index (χ2v) is 6.22. The average Bonchev–Trinajstić information content (AvgIpc) is 2.17. The molecule has 1 heterocycles. The number of sulfone groups is 1. The van der Waals surface area contributed by atoms with Gasteiger partial charge in [0.05, 0.1) is 11.3 Å². The molecular formula is C8H10N2O3S2. The van der Waals surface area contributed by atoms with E-state index in [4.69, 9.17) is 0 Å². The van der Waals surface area contributed by atoms with Gasteiger partial charge in [-0.05, 0) is 0 Å². The third kappa shape index (κ3) is 4.89. The van der Waals surface area contributed by atoms with Gasteiger partial charge in [-0.2, -0.15) is 0 Å². The molecule has 0 bridgehead atoms. The Labute approximate surface area is 92.2 Å². The predicted molar refractivity (Wildman–Crippen MR) is 57.9 cm³/mol. The van der Waals surface area contributed by atoms with Crippen LogP contribution in [0.1, 0.15) is 10.4 Å². The SMILES string of the molecule is CS(=O)(=O)CCSc1ncc(C=O)cn1. The van der Waals surface area contributed by atoms with Gasteiger partial charge in [-0.25, -0.2) is 18.4 Å². The van der Waals surface area contributed by atoms with Gasteiger partial charge in [0, 0.05) is 24.4 Å². The summed E-state index contributed by atoms with van der Waals surface area (Å²) >= 11 is 1.25. The monoisotopic (exact) mass is 246 g/mol. The van der Waals surface area contributed by atoms with Crippen LogP contribution in [0.4, 0.5) is 0 Å². The third-order valence-electron chi connectivity index (χ3n) is 1.47. The first-order valence-corrected chi connectivity index (χ1v) is 7.13. The fourth-order valence-electron chi connectivity index (χ4n) is 0.746. The number of hydrogen-bond acceptors (Lipinski definition) is 6. The van der Waals surface area contributed by atoms with Crippen molar-refractivity contribution in [2.45, 2.75) is 5.16 Å². The molecule has 0 fully saturated rings. The number of nitrogens with zero attached hydrogens (tertiary/aromatic N) is 2. The molecule has 7 heteroatoms. The van der Waals surface area contributed by atoms with Gasteiger partial charge in [0.15, 0.2) is 11.4 Å². The smallest absolute Gasteiger partial charge is 0.187 e. The molecule has 0 N–H and O–H groups in total. The summed E-state index contributed by atoms with van der Waals surface area (Å²) in [5.41, 5.74) is 0.405. The summed E-state index contributed by atoms with van der Waals surface area (Å²) in [6.45, 7) is 0. The van der Waals surface area contributed by atoms with E-state index in [1.54, 1.807) is 0 Å². The summed E-state index contributed by atoms with van der Waals surface area (Å²) < 4.78 is 21.6. The number of aromatic nitrogens is 2. The van der Waals surface area contributed by atoms with Crippen molar-refractivity contribution < 1.29 is 13.2 Å². The third-order valence-corrected chi connectivity index (χ3v) is 3.55. The Balaban J connectivity index is 2.48. The molecule has 15 heavy (non-hydrogen) atoms. The standard InChI is InChI=1S/C8H10N2O3S2/c1-15(12,13)3-2-14-8-9-4-7(6-11)5-10-8/h4-6H,2-3H2,1H3.